The van der Waals surface area contributed by atoms with Crippen molar-refractivity contribution >= 4 is 34.1 Å². The summed E-state index contributed by atoms with van der Waals surface area (Å²) in [7, 11) is 0. The van der Waals surface area contributed by atoms with Gasteiger partial charge in [-0.1, -0.05) is 18.3 Å². The Morgan fingerprint density at radius 3 is 2.87 bits per heavy atom. The van der Waals surface area contributed by atoms with E-state index in [2.05, 4.69) is 20.3 Å². The lowest BCUT2D eigenvalue weighted by molar-refractivity contribution is 0.102. The highest BCUT2D eigenvalue weighted by atomic mass is 32.2. The van der Waals surface area contributed by atoms with Crippen LogP contribution in [0.1, 0.15) is 28.9 Å². The number of nitrogens with zero attached hydrogens (tertiary/aromatic N) is 3. The number of hydrogen-bond donors (Lipinski definition) is 1. The van der Waals surface area contributed by atoms with Gasteiger partial charge in [0.25, 0.3) is 5.91 Å². The van der Waals surface area contributed by atoms with Crippen molar-refractivity contribution in [3.63, 3.8) is 0 Å². The minimum atomic E-state index is -0.196. The number of aryl methyl sites for hydroxylation is 1. The summed E-state index contributed by atoms with van der Waals surface area (Å²) in [4.78, 5) is 24.4. The fraction of sp³-hybridized carbons (Fsp3) is 0.200. The maximum Gasteiger partial charge on any atom is 0.257 e. The molecule has 0 radical (unpaired) electrons. The third-order valence-electron chi connectivity index (χ3n) is 2.94. The van der Waals surface area contributed by atoms with Gasteiger partial charge in [0.15, 0.2) is 5.13 Å². The number of rotatable bonds is 6. The molecule has 0 spiro atoms. The van der Waals surface area contributed by atoms with Crippen molar-refractivity contribution in [2.75, 3.05) is 5.32 Å². The minimum Gasteiger partial charge on any atom is -0.445 e. The summed E-state index contributed by atoms with van der Waals surface area (Å²) in [6.45, 7) is 2.03. The zero-order chi connectivity index (χ0) is 16.1. The Kier molecular flexibility index (Phi) is 5.04. The van der Waals surface area contributed by atoms with E-state index in [-0.39, 0.29) is 5.91 Å². The molecule has 0 fully saturated rings. The molecular formula is C15H14N4O2S2. The van der Waals surface area contributed by atoms with Gasteiger partial charge >= 0.3 is 0 Å². The van der Waals surface area contributed by atoms with E-state index in [1.54, 1.807) is 48.7 Å². The molecule has 118 valence electrons. The maximum absolute atomic E-state index is 12.0. The summed E-state index contributed by atoms with van der Waals surface area (Å²) in [5.41, 5.74) is 0.552. The SMILES string of the molecule is CCc1cnc(CSc2cnc(NC(=O)c3ccncc3)s2)o1. The third kappa shape index (κ3) is 4.17. The predicted octanol–water partition coefficient (Wildman–Crippen LogP) is 3.63. The van der Waals surface area contributed by atoms with Crippen molar-refractivity contribution in [2.24, 2.45) is 0 Å². The molecule has 0 aliphatic rings. The highest BCUT2D eigenvalue weighted by molar-refractivity contribution is 8.00. The Morgan fingerprint density at radius 2 is 2.13 bits per heavy atom. The van der Waals surface area contributed by atoms with Gasteiger partial charge in [0.1, 0.15) is 5.76 Å². The van der Waals surface area contributed by atoms with Crippen molar-refractivity contribution in [1.82, 2.24) is 15.0 Å². The number of thiazole rings is 1. The zero-order valence-electron chi connectivity index (χ0n) is 12.4. The second kappa shape index (κ2) is 7.38. The van der Waals surface area contributed by atoms with Crippen molar-refractivity contribution in [1.29, 1.82) is 0 Å². The van der Waals surface area contributed by atoms with Crippen LogP contribution < -0.4 is 5.32 Å². The Morgan fingerprint density at radius 1 is 1.30 bits per heavy atom. The second-order valence-corrected chi connectivity index (χ2v) is 6.84. The first-order valence-electron chi connectivity index (χ1n) is 6.98. The fourth-order valence-corrected chi connectivity index (χ4v) is 3.49. The van der Waals surface area contributed by atoms with E-state index < -0.39 is 0 Å². The van der Waals surface area contributed by atoms with E-state index in [9.17, 15) is 4.79 Å². The number of pyridine rings is 1. The van der Waals surface area contributed by atoms with Crippen LogP contribution in [-0.4, -0.2) is 20.9 Å². The quantitative estimate of drug-likeness (QED) is 0.686. The zero-order valence-corrected chi connectivity index (χ0v) is 14.0. The summed E-state index contributed by atoms with van der Waals surface area (Å²) in [6, 6.07) is 3.32. The molecule has 8 heteroatoms. The molecule has 0 saturated heterocycles. The van der Waals surface area contributed by atoms with E-state index in [0.29, 0.717) is 22.3 Å². The molecule has 0 atom stereocenters. The number of nitrogens with one attached hydrogen (secondary N) is 1. The number of hydrogen-bond acceptors (Lipinski definition) is 7. The van der Waals surface area contributed by atoms with Crippen molar-refractivity contribution in [2.45, 2.75) is 23.3 Å². The van der Waals surface area contributed by atoms with Gasteiger partial charge in [-0.15, -0.1) is 11.8 Å². The van der Waals surface area contributed by atoms with Crippen molar-refractivity contribution < 1.29 is 9.21 Å². The normalized spacial score (nSPS) is 10.7. The number of carbonyl (C=O) groups excluding carboxylic acids is 1. The Balaban J connectivity index is 1.56. The summed E-state index contributed by atoms with van der Waals surface area (Å²) in [5.74, 6) is 2.02. The molecule has 3 heterocycles. The van der Waals surface area contributed by atoms with Gasteiger partial charge in [-0.3, -0.25) is 15.1 Å². The average molecular weight is 346 g/mol. The first-order valence-corrected chi connectivity index (χ1v) is 8.78. The maximum atomic E-state index is 12.0. The van der Waals surface area contributed by atoms with Gasteiger partial charge in [-0.25, -0.2) is 9.97 Å². The molecule has 1 N–H and O–H groups in total. The predicted molar refractivity (Wildman–Crippen MR) is 89.7 cm³/mol. The van der Waals surface area contributed by atoms with Gasteiger partial charge in [-0.2, -0.15) is 0 Å². The number of oxazole rings is 1. The smallest absolute Gasteiger partial charge is 0.257 e. The van der Waals surface area contributed by atoms with E-state index in [1.165, 1.54) is 11.3 Å². The van der Waals surface area contributed by atoms with Gasteiger partial charge in [0, 0.05) is 24.4 Å². The number of thioether (sulfide) groups is 1. The number of aromatic nitrogens is 3. The van der Waals surface area contributed by atoms with Crippen LogP contribution in [-0.2, 0) is 12.2 Å². The molecule has 23 heavy (non-hydrogen) atoms. The molecule has 0 bridgehead atoms. The first-order chi connectivity index (χ1) is 11.2. The van der Waals surface area contributed by atoms with Crippen LogP contribution in [0.3, 0.4) is 0 Å². The monoisotopic (exact) mass is 346 g/mol. The molecule has 0 aromatic carbocycles. The first kappa shape index (κ1) is 15.7. The van der Waals surface area contributed by atoms with E-state index >= 15 is 0 Å². The van der Waals surface area contributed by atoms with Crippen LogP contribution in [0.15, 0.2) is 45.5 Å². The van der Waals surface area contributed by atoms with E-state index in [4.69, 9.17) is 4.42 Å². The Hall–Kier alpha value is -2.19. The largest absolute Gasteiger partial charge is 0.445 e. The molecule has 0 saturated carbocycles. The standard InChI is InChI=1S/C15H14N4O2S2/c1-2-11-7-17-12(21-11)9-22-13-8-18-15(23-13)19-14(20)10-3-5-16-6-4-10/h3-8H,2,9H2,1H3,(H,18,19,20). The summed E-state index contributed by atoms with van der Waals surface area (Å²) < 4.78 is 6.55. The van der Waals surface area contributed by atoms with Crippen molar-refractivity contribution in [3.8, 4) is 0 Å². The van der Waals surface area contributed by atoms with Crippen LogP contribution >= 0.6 is 23.1 Å². The fourth-order valence-electron chi connectivity index (χ4n) is 1.77. The van der Waals surface area contributed by atoms with Gasteiger partial charge in [-0.05, 0) is 12.1 Å². The van der Waals surface area contributed by atoms with E-state index in [0.717, 1.165) is 16.4 Å². The molecule has 3 aromatic heterocycles. The highest BCUT2D eigenvalue weighted by Gasteiger charge is 2.10. The lowest BCUT2D eigenvalue weighted by atomic mass is 10.2. The number of anilines is 1. The lowest BCUT2D eigenvalue weighted by Crippen LogP contribution is -2.11. The second-order valence-electron chi connectivity index (χ2n) is 4.54. The Labute approximate surface area is 141 Å². The molecule has 6 nitrogen and oxygen atoms in total. The molecular weight excluding hydrogens is 332 g/mol. The minimum absolute atomic E-state index is 0.196. The van der Waals surface area contributed by atoms with Crippen LogP contribution in [0, 0.1) is 0 Å². The number of amides is 1. The van der Waals surface area contributed by atoms with Crippen LogP contribution in [0.5, 0.6) is 0 Å². The molecule has 3 aromatic rings. The van der Waals surface area contributed by atoms with E-state index in [1.807, 2.05) is 6.92 Å². The molecule has 3 rings (SSSR count). The van der Waals surface area contributed by atoms with Crippen molar-refractivity contribution in [3.05, 3.63) is 54.1 Å². The average Bonchev–Trinajstić information content (AvgIpc) is 3.22. The number of carbonyl (C=O) groups is 1. The molecule has 1 amide bonds. The molecule has 0 unspecified atom stereocenters. The molecule has 0 aliphatic carbocycles. The third-order valence-corrected chi connectivity index (χ3v) is 5.03. The topological polar surface area (TPSA) is 80.9 Å². The van der Waals surface area contributed by atoms with Gasteiger partial charge in [0.2, 0.25) is 5.89 Å². The van der Waals surface area contributed by atoms with Crippen LogP contribution in [0.2, 0.25) is 0 Å². The highest BCUT2D eigenvalue weighted by Crippen LogP contribution is 2.30. The summed E-state index contributed by atoms with van der Waals surface area (Å²) in [6.07, 6.45) is 7.49. The van der Waals surface area contributed by atoms with Crippen LogP contribution in [0.25, 0.3) is 0 Å². The van der Waals surface area contributed by atoms with Gasteiger partial charge in [0.05, 0.1) is 22.4 Å². The summed E-state index contributed by atoms with van der Waals surface area (Å²) >= 11 is 3.00. The molecule has 0 aliphatic heterocycles. The Bertz CT molecular complexity index is 786. The summed E-state index contributed by atoms with van der Waals surface area (Å²) in [5, 5.41) is 3.34. The van der Waals surface area contributed by atoms with Gasteiger partial charge < -0.3 is 4.42 Å². The van der Waals surface area contributed by atoms with Crippen LogP contribution in [0.4, 0.5) is 5.13 Å². The lowest BCUT2D eigenvalue weighted by Gasteiger charge is -2.00.